The van der Waals surface area contributed by atoms with Gasteiger partial charge in [0.2, 0.25) is 5.91 Å². The molecule has 0 fully saturated rings. The summed E-state index contributed by atoms with van der Waals surface area (Å²) < 4.78 is 0. The second kappa shape index (κ2) is 7.15. The quantitative estimate of drug-likeness (QED) is 0.685. The molecule has 2 atom stereocenters. The lowest BCUT2D eigenvalue weighted by Gasteiger charge is -2.29. The van der Waals surface area contributed by atoms with Crippen LogP contribution >= 0.6 is 11.8 Å². The lowest BCUT2D eigenvalue weighted by atomic mass is 9.89. The number of nitrogens with zero attached hydrogens (tertiary/aromatic N) is 1. The first-order valence-electron chi connectivity index (χ1n) is 7.49. The third kappa shape index (κ3) is 4.24. The third-order valence-electron chi connectivity index (χ3n) is 4.03. The van der Waals surface area contributed by atoms with Gasteiger partial charge < -0.3 is 15.4 Å². The van der Waals surface area contributed by atoms with Gasteiger partial charge >= 0.3 is 0 Å². The largest absolute Gasteiger partial charge is 0.388 e. The van der Waals surface area contributed by atoms with Crippen LogP contribution in [0.4, 0.5) is 0 Å². The van der Waals surface area contributed by atoms with Crippen molar-refractivity contribution < 1.29 is 9.90 Å². The van der Waals surface area contributed by atoms with Crippen molar-refractivity contribution >= 4 is 28.7 Å². The Morgan fingerprint density at radius 3 is 2.91 bits per heavy atom. The van der Waals surface area contributed by atoms with Crippen LogP contribution in [0.15, 0.2) is 29.4 Å². The first kappa shape index (κ1) is 16.8. The van der Waals surface area contributed by atoms with Crippen LogP contribution in [0.25, 0.3) is 11.0 Å². The first-order chi connectivity index (χ1) is 10.4. The van der Waals surface area contributed by atoms with E-state index in [0.717, 1.165) is 22.6 Å². The molecule has 0 radical (unpaired) electrons. The number of aromatic amines is 1. The zero-order valence-electron chi connectivity index (χ0n) is 13.2. The Balaban J connectivity index is 1.82. The highest BCUT2D eigenvalue weighted by Crippen LogP contribution is 2.20. The zero-order valence-corrected chi connectivity index (χ0v) is 14.0. The Morgan fingerprint density at radius 2 is 2.23 bits per heavy atom. The number of rotatable bonds is 7. The average molecular weight is 321 g/mol. The number of aliphatic hydroxyl groups is 1. The van der Waals surface area contributed by atoms with Gasteiger partial charge in [0.15, 0.2) is 5.16 Å². The van der Waals surface area contributed by atoms with E-state index in [9.17, 15) is 9.90 Å². The molecule has 1 amide bonds. The van der Waals surface area contributed by atoms with Crippen LogP contribution in [0.3, 0.4) is 0 Å². The highest BCUT2D eigenvalue weighted by molar-refractivity contribution is 7.99. The number of carbonyl (C=O) groups is 1. The summed E-state index contributed by atoms with van der Waals surface area (Å²) in [6.45, 7) is 6.03. The summed E-state index contributed by atoms with van der Waals surface area (Å²) in [5.41, 5.74) is 0.976. The number of benzene rings is 1. The van der Waals surface area contributed by atoms with Crippen LogP contribution in [0.5, 0.6) is 0 Å². The van der Waals surface area contributed by atoms with E-state index in [4.69, 9.17) is 0 Å². The Morgan fingerprint density at radius 1 is 1.50 bits per heavy atom. The number of carbonyl (C=O) groups excluding carboxylic acids is 1. The van der Waals surface area contributed by atoms with Crippen LogP contribution in [0.2, 0.25) is 0 Å². The fraction of sp³-hybridized carbons (Fsp3) is 0.500. The number of nitrogens with one attached hydrogen (secondary N) is 2. The van der Waals surface area contributed by atoms with Gasteiger partial charge in [0.1, 0.15) is 0 Å². The van der Waals surface area contributed by atoms with E-state index in [-0.39, 0.29) is 24.1 Å². The minimum Gasteiger partial charge on any atom is -0.388 e. The molecule has 0 saturated carbocycles. The van der Waals surface area contributed by atoms with E-state index in [1.54, 1.807) is 6.92 Å². The van der Waals surface area contributed by atoms with Gasteiger partial charge in [-0.05, 0) is 25.0 Å². The van der Waals surface area contributed by atoms with E-state index >= 15 is 0 Å². The summed E-state index contributed by atoms with van der Waals surface area (Å²) in [5.74, 6) is 0.306. The van der Waals surface area contributed by atoms with Gasteiger partial charge in [-0.1, -0.05) is 44.2 Å². The van der Waals surface area contributed by atoms with Crippen molar-refractivity contribution in [2.75, 3.05) is 12.3 Å². The van der Waals surface area contributed by atoms with Gasteiger partial charge in [0.25, 0.3) is 0 Å². The predicted octanol–water partition coefficient (Wildman–Crippen LogP) is 2.57. The maximum Gasteiger partial charge on any atom is 0.230 e. The number of imidazole rings is 1. The number of hydrogen-bond acceptors (Lipinski definition) is 4. The summed E-state index contributed by atoms with van der Waals surface area (Å²) in [6, 6.07) is 7.76. The molecule has 1 aromatic carbocycles. The first-order valence-corrected chi connectivity index (χ1v) is 8.47. The molecule has 0 aliphatic carbocycles. The molecule has 2 rings (SSSR count). The van der Waals surface area contributed by atoms with Gasteiger partial charge in [-0.2, -0.15) is 0 Å². The van der Waals surface area contributed by atoms with Gasteiger partial charge in [0, 0.05) is 6.54 Å². The Hall–Kier alpha value is -1.53. The molecule has 2 unspecified atom stereocenters. The summed E-state index contributed by atoms with van der Waals surface area (Å²) in [7, 11) is 0. The highest BCUT2D eigenvalue weighted by atomic mass is 32.2. The maximum atomic E-state index is 11.9. The molecular weight excluding hydrogens is 298 g/mol. The minimum atomic E-state index is -0.881. The predicted molar refractivity (Wildman–Crippen MR) is 89.9 cm³/mol. The van der Waals surface area contributed by atoms with Crippen LogP contribution < -0.4 is 5.32 Å². The number of H-pyrrole nitrogens is 1. The van der Waals surface area contributed by atoms with Crippen molar-refractivity contribution in [3.8, 4) is 0 Å². The van der Waals surface area contributed by atoms with Crippen LogP contribution in [-0.2, 0) is 4.79 Å². The van der Waals surface area contributed by atoms with E-state index in [0.29, 0.717) is 0 Å². The fourth-order valence-electron chi connectivity index (χ4n) is 2.07. The number of para-hydroxylation sites is 2. The van der Waals surface area contributed by atoms with Gasteiger partial charge in [-0.25, -0.2) is 4.98 Å². The van der Waals surface area contributed by atoms with E-state index in [1.165, 1.54) is 11.8 Å². The Kier molecular flexibility index (Phi) is 5.47. The second-order valence-electron chi connectivity index (χ2n) is 5.79. The second-order valence-corrected chi connectivity index (χ2v) is 6.76. The number of amides is 1. The third-order valence-corrected chi connectivity index (χ3v) is 4.90. The molecular formula is C16H23N3O2S. The van der Waals surface area contributed by atoms with Gasteiger partial charge in [0.05, 0.1) is 22.4 Å². The zero-order chi connectivity index (χ0) is 16.2. The molecule has 1 aromatic heterocycles. The maximum absolute atomic E-state index is 11.9. The van der Waals surface area contributed by atoms with Crippen molar-refractivity contribution in [3.05, 3.63) is 24.3 Å². The number of thioether (sulfide) groups is 1. The summed E-state index contributed by atoms with van der Waals surface area (Å²) >= 11 is 1.36. The van der Waals surface area contributed by atoms with Crippen molar-refractivity contribution in [1.29, 1.82) is 0 Å². The average Bonchev–Trinajstić information content (AvgIpc) is 2.93. The molecule has 22 heavy (non-hydrogen) atoms. The summed E-state index contributed by atoms with van der Waals surface area (Å²) in [4.78, 5) is 19.5. The van der Waals surface area contributed by atoms with Crippen molar-refractivity contribution in [3.63, 3.8) is 0 Å². The van der Waals surface area contributed by atoms with Crippen LogP contribution in [0, 0.1) is 5.92 Å². The fourth-order valence-corrected chi connectivity index (χ4v) is 2.79. The van der Waals surface area contributed by atoms with Crippen molar-refractivity contribution in [1.82, 2.24) is 15.3 Å². The number of hydrogen-bond donors (Lipinski definition) is 3. The van der Waals surface area contributed by atoms with E-state index in [2.05, 4.69) is 15.3 Å². The molecule has 0 aliphatic heterocycles. The SMILES string of the molecule is CCC(C)C(C)(O)CNC(=O)CSc1nc2ccccc2[nH]1. The van der Waals surface area contributed by atoms with E-state index < -0.39 is 5.60 Å². The molecule has 5 nitrogen and oxygen atoms in total. The van der Waals surface area contributed by atoms with Crippen molar-refractivity contribution in [2.24, 2.45) is 5.92 Å². The lowest BCUT2D eigenvalue weighted by molar-refractivity contribution is -0.120. The number of aromatic nitrogens is 2. The molecule has 0 saturated heterocycles. The van der Waals surface area contributed by atoms with Crippen LogP contribution in [-0.4, -0.2) is 38.9 Å². The number of fused-ring (bicyclic) bond motifs is 1. The van der Waals surface area contributed by atoms with Gasteiger partial charge in [-0.3, -0.25) is 4.79 Å². The highest BCUT2D eigenvalue weighted by Gasteiger charge is 2.27. The topological polar surface area (TPSA) is 78.0 Å². The molecule has 0 bridgehead atoms. The molecule has 120 valence electrons. The minimum absolute atomic E-state index is 0.103. The lowest BCUT2D eigenvalue weighted by Crippen LogP contribution is -2.45. The van der Waals surface area contributed by atoms with E-state index in [1.807, 2.05) is 38.1 Å². The standard InChI is InChI=1S/C16H23N3O2S/c1-4-11(2)16(3,21)10-17-14(20)9-22-15-18-12-7-5-6-8-13(12)19-15/h5-8,11,21H,4,9-10H2,1-3H3,(H,17,20)(H,18,19). The smallest absolute Gasteiger partial charge is 0.230 e. The molecule has 3 N–H and O–H groups in total. The molecule has 6 heteroatoms. The van der Waals surface area contributed by atoms with Crippen molar-refractivity contribution in [2.45, 2.75) is 37.9 Å². The Bertz CT molecular complexity index is 606. The molecule has 0 spiro atoms. The summed E-state index contributed by atoms with van der Waals surface area (Å²) in [5, 5.41) is 13.8. The Labute approximate surface area is 134 Å². The van der Waals surface area contributed by atoms with Crippen LogP contribution in [0.1, 0.15) is 27.2 Å². The monoisotopic (exact) mass is 321 g/mol. The molecule has 1 heterocycles. The summed E-state index contributed by atoms with van der Waals surface area (Å²) in [6.07, 6.45) is 0.872. The normalized spacial score (nSPS) is 15.5. The van der Waals surface area contributed by atoms with Gasteiger partial charge in [-0.15, -0.1) is 0 Å². The molecule has 2 aromatic rings. The molecule has 0 aliphatic rings.